The van der Waals surface area contributed by atoms with Crippen molar-refractivity contribution in [1.29, 1.82) is 0 Å². The van der Waals surface area contributed by atoms with Gasteiger partial charge in [-0.2, -0.15) is 13.2 Å². The maximum absolute atomic E-state index is 12.4. The van der Waals surface area contributed by atoms with Gasteiger partial charge < -0.3 is 14.7 Å². The fourth-order valence-electron chi connectivity index (χ4n) is 2.20. The van der Waals surface area contributed by atoms with Crippen LogP contribution in [0.25, 0.3) is 6.08 Å². The number of carboxylic acid groups (broad SMARTS) is 1. The van der Waals surface area contributed by atoms with Crippen LogP contribution in [0.4, 0.5) is 18.0 Å². The molecule has 0 unspecified atom stereocenters. The molecule has 0 saturated carbocycles. The number of amides is 1. The standard InChI is InChI=1S/C15H16F3NO3/c16-15(17,18)12-3-1-11(2-4-12)7-10-22-13-5-8-19(9-6-13)14(20)21/h1-4,7,10,13H,5-6,8-9H2,(H,20,21). The number of rotatable bonds is 3. The third kappa shape index (κ3) is 4.41. The number of alkyl halides is 3. The summed E-state index contributed by atoms with van der Waals surface area (Å²) in [6.07, 6.45) is -1.10. The van der Waals surface area contributed by atoms with Crippen LogP contribution in [-0.4, -0.2) is 35.3 Å². The Morgan fingerprint density at radius 3 is 2.32 bits per heavy atom. The summed E-state index contributed by atoms with van der Waals surface area (Å²) in [6.45, 7) is 0.849. The molecule has 22 heavy (non-hydrogen) atoms. The summed E-state index contributed by atoms with van der Waals surface area (Å²) in [5.41, 5.74) is -0.0809. The highest BCUT2D eigenvalue weighted by Gasteiger charge is 2.29. The number of halogens is 3. The Bertz CT molecular complexity index is 532. The summed E-state index contributed by atoms with van der Waals surface area (Å²) < 4.78 is 42.7. The smallest absolute Gasteiger partial charge is 0.416 e. The second-order valence-corrected chi connectivity index (χ2v) is 5.03. The monoisotopic (exact) mass is 315 g/mol. The van der Waals surface area contributed by atoms with Crippen LogP contribution in [0, 0.1) is 0 Å². The molecule has 1 aromatic carbocycles. The molecule has 1 aliphatic heterocycles. The molecule has 1 aliphatic rings. The van der Waals surface area contributed by atoms with Crippen molar-refractivity contribution in [3.63, 3.8) is 0 Å². The van der Waals surface area contributed by atoms with Crippen LogP contribution in [0.1, 0.15) is 24.0 Å². The van der Waals surface area contributed by atoms with Gasteiger partial charge >= 0.3 is 12.3 Å². The van der Waals surface area contributed by atoms with Gasteiger partial charge in [0.25, 0.3) is 0 Å². The Morgan fingerprint density at radius 1 is 1.23 bits per heavy atom. The molecule has 0 spiro atoms. The summed E-state index contributed by atoms with van der Waals surface area (Å²) >= 11 is 0. The molecule has 1 heterocycles. The van der Waals surface area contributed by atoms with E-state index >= 15 is 0 Å². The number of likely N-dealkylation sites (tertiary alicyclic amines) is 1. The highest BCUT2D eigenvalue weighted by Crippen LogP contribution is 2.29. The van der Waals surface area contributed by atoms with Gasteiger partial charge in [0.05, 0.1) is 11.8 Å². The average molecular weight is 315 g/mol. The number of benzene rings is 1. The first-order valence-electron chi connectivity index (χ1n) is 6.83. The number of ether oxygens (including phenoxy) is 1. The van der Waals surface area contributed by atoms with Gasteiger partial charge in [0.2, 0.25) is 0 Å². The lowest BCUT2D eigenvalue weighted by Crippen LogP contribution is -2.39. The van der Waals surface area contributed by atoms with Gasteiger partial charge in [0.15, 0.2) is 0 Å². The summed E-state index contributed by atoms with van der Waals surface area (Å²) in [4.78, 5) is 12.1. The van der Waals surface area contributed by atoms with E-state index in [9.17, 15) is 18.0 Å². The summed E-state index contributed by atoms with van der Waals surface area (Å²) in [6, 6.07) is 4.78. The number of carbonyl (C=O) groups is 1. The van der Waals surface area contributed by atoms with Crippen LogP contribution >= 0.6 is 0 Å². The van der Waals surface area contributed by atoms with Crippen LogP contribution in [0.2, 0.25) is 0 Å². The summed E-state index contributed by atoms with van der Waals surface area (Å²) in [7, 11) is 0. The summed E-state index contributed by atoms with van der Waals surface area (Å²) in [5.74, 6) is 0. The Kier molecular flexibility index (Phi) is 4.95. The molecule has 0 aromatic heterocycles. The van der Waals surface area contributed by atoms with E-state index in [0.717, 1.165) is 12.1 Å². The lowest BCUT2D eigenvalue weighted by Gasteiger charge is -2.29. The number of nitrogens with zero attached hydrogens (tertiary/aromatic N) is 1. The molecule has 1 fully saturated rings. The molecule has 1 N–H and O–H groups in total. The maximum Gasteiger partial charge on any atom is 0.416 e. The Labute approximate surface area is 125 Å². The van der Waals surface area contributed by atoms with Gasteiger partial charge in [-0.1, -0.05) is 12.1 Å². The van der Waals surface area contributed by atoms with E-state index in [0.29, 0.717) is 31.5 Å². The molecule has 0 atom stereocenters. The molecular weight excluding hydrogens is 299 g/mol. The minimum atomic E-state index is -4.34. The zero-order valence-electron chi connectivity index (χ0n) is 11.7. The minimum Gasteiger partial charge on any atom is -0.498 e. The van der Waals surface area contributed by atoms with Crippen molar-refractivity contribution < 1.29 is 27.8 Å². The average Bonchev–Trinajstić information content (AvgIpc) is 2.47. The number of hydrogen-bond acceptors (Lipinski definition) is 2. The van der Waals surface area contributed by atoms with Crippen molar-refractivity contribution in [1.82, 2.24) is 4.90 Å². The van der Waals surface area contributed by atoms with Crippen molar-refractivity contribution in [2.24, 2.45) is 0 Å². The molecule has 0 aliphatic carbocycles. The zero-order chi connectivity index (χ0) is 16.2. The molecular formula is C15H16F3NO3. The normalized spacial score (nSPS) is 17.0. The van der Waals surface area contributed by atoms with E-state index < -0.39 is 17.8 Å². The Morgan fingerprint density at radius 2 is 1.82 bits per heavy atom. The first-order chi connectivity index (χ1) is 10.4. The van der Waals surface area contributed by atoms with E-state index in [1.807, 2.05) is 0 Å². The van der Waals surface area contributed by atoms with Crippen molar-refractivity contribution in [3.05, 3.63) is 41.7 Å². The fourth-order valence-corrected chi connectivity index (χ4v) is 2.20. The lowest BCUT2D eigenvalue weighted by atomic mass is 10.1. The molecule has 1 saturated heterocycles. The van der Waals surface area contributed by atoms with Gasteiger partial charge in [-0.25, -0.2) is 4.79 Å². The Hall–Kier alpha value is -2.18. The van der Waals surface area contributed by atoms with E-state index in [2.05, 4.69) is 0 Å². The highest BCUT2D eigenvalue weighted by atomic mass is 19.4. The molecule has 0 radical (unpaired) electrons. The molecule has 1 amide bonds. The maximum atomic E-state index is 12.4. The predicted octanol–water partition coefficient (Wildman–Crippen LogP) is 3.84. The second kappa shape index (κ2) is 6.72. The van der Waals surface area contributed by atoms with Gasteiger partial charge in [-0.3, -0.25) is 0 Å². The third-order valence-corrected chi connectivity index (χ3v) is 3.48. The van der Waals surface area contributed by atoms with Crippen molar-refractivity contribution >= 4 is 12.2 Å². The SMILES string of the molecule is O=C(O)N1CCC(OC=Cc2ccc(C(F)(F)F)cc2)CC1. The minimum absolute atomic E-state index is 0.0682. The van der Waals surface area contributed by atoms with Crippen molar-refractivity contribution in [2.75, 3.05) is 13.1 Å². The molecule has 2 rings (SSSR count). The topological polar surface area (TPSA) is 49.8 Å². The van der Waals surface area contributed by atoms with Crippen molar-refractivity contribution in [3.8, 4) is 0 Å². The molecule has 0 bridgehead atoms. The lowest BCUT2D eigenvalue weighted by molar-refractivity contribution is -0.137. The summed E-state index contributed by atoms with van der Waals surface area (Å²) in [5, 5.41) is 8.82. The van der Waals surface area contributed by atoms with Gasteiger partial charge in [0.1, 0.15) is 6.10 Å². The van der Waals surface area contributed by atoms with E-state index in [1.165, 1.54) is 23.3 Å². The fraction of sp³-hybridized carbons (Fsp3) is 0.400. The first kappa shape index (κ1) is 16.2. The zero-order valence-corrected chi connectivity index (χ0v) is 11.7. The van der Waals surface area contributed by atoms with Crippen LogP contribution < -0.4 is 0 Å². The first-order valence-corrected chi connectivity index (χ1v) is 6.83. The van der Waals surface area contributed by atoms with Crippen LogP contribution in [0.5, 0.6) is 0 Å². The molecule has 120 valence electrons. The molecule has 7 heteroatoms. The third-order valence-electron chi connectivity index (χ3n) is 3.48. The van der Waals surface area contributed by atoms with Crippen LogP contribution in [0.3, 0.4) is 0 Å². The number of hydrogen-bond donors (Lipinski definition) is 1. The van der Waals surface area contributed by atoms with E-state index in [-0.39, 0.29) is 6.10 Å². The van der Waals surface area contributed by atoms with Crippen LogP contribution in [-0.2, 0) is 10.9 Å². The van der Waals surface area contributed by atoms with Gasteiger partial charge in [-0.05, 0) is 23.8 Å². The van der Waals surface area contributed by atoms with Crippen molar-refractivity contribution in [2.45, 2.75) is 25.1 Å². The molecule has 4 nitrogen and oxygen atoms in total. The molecule has 1 aromatic rings. The Balaban J connectivity index is 1.82. The quantitative estimate of drug-likeness (QED) is 0.862. The number of piperidine rings is 1. The predicted molar refractivity (Wildman–Crippen MR) is 74.2 cm³/mol. The van der Waals surface area contributed by atoms with Crippen LogP contribution in [0.15, 0.2) is 30.5 Å². The highest BCUT2D eigenvalue weighted by molar-refractivity contribution is 5.65. The van der Waals surface area contributed by atoms with E-state index in [4.69, 9.17) is 9.84 Å². The van der Waals surface area contributed by atoms with E-state index in [1.54, 1.807) is 6.08 Å². The van der Waals surface area contributed by atoms with Gasteiger partial charge in [-0.15, -0.1) is 0 Å². The van der Waals surface area contributed by atoms with Gasteiger partial charge in [0, 0.05) is 25.9 Å². The second-order valence-electron chi connectivity index (χ2n) is 5.03. The largest absolute Gasteiger partial charge is 0.498 e.